The Morgan fingerprint density at radius 3 is 2.52 bits per heavy atom. The van der Waals surface area contributed by atoms with E-state index < -0.39 is 15.9 Å². The Morgan fingerprint density at radius 1 is 1.21 bits per heavy atom. The molecular weight excluding hydrogens is 530 g/mol. The normalized spacial score (nSPS) is 12.0. The van der Waals surface area contributed by atoms with Crippen molar-refractivity contribution >= 4 is 75.9 Å². The summed E-state index contributed by atoms with van der Waals surface area (Å²) < 4.78 is 9.17. The van der Waals surface area contributed by atoms with Crippen LogP contribution in [0.2, 0.25) is 5.02 Å². The molecule has 1 amide bonds. The first-order chi connectivity index (χ1) is 15.6. The fourth-order valence-electron chi connectivity index (χ4n) is 2.34. The van der Waals surface area contributed by atoms with E-state index in [0.717, 1.165) is 0 Å². The standard InChI is InChI=1S/C21H20Cl4N4O3S/c1-3-10-26-20(33)29-27-12-13-4-9-16(17(11-13)31-2)32-19(21(23,24)25)28-18(30)14-5-7-15(22)8-6-14/h3-9,11-12,19H,1,10H2,2H3,(H,28,30)(H2,26,29,33)/b27-12-/t19-/m0/s1. The van der Waals surface area contributed by atoms with Crippen LogP contribution >= 0.6 is 58.6 Å². The zero-order valence-electron chi connectivity index (χ0n) is 17.3. The van der Waals surface area contributed by atoms with Gasteiger partial charge in [-0.2, -0.15) is 5.10 Å². The molecule has 0 spiro atoms. The number of nitrogens with one attached hydrogen (secondary N) is 3. The van der Waals surface area contributed by atoms with Crippen LogP contribution in [0.5, 0.6) is 11.5 Å². The lowest BCUT2D eigenvalue weighted by molar-refractivity contribution is 0.0828. The van der Waals surface area contributed by atoms with Gasteiger partial charge in [-0.1, -0.05) is 52.5 Å². The number of hydrogen-bond acceptors (Lipinski definition) is 5. The van der Waals surface area contributed by atoms with E-state index in [1.54, 1.807) is 36.4 Å². The van der Waals surface area contributed by atoms with E-state index in [4.69, 9.17) is 68.1 Å². The van der Waals surface area contributed by atoms with Crippen molar-refractivity contribution in [3.63, 3.8) is 0 Å². The summed E-state index contributed by atoms with van der Waals surface area (Å²) in [6, 6.07) is 11.1. The molecule has 0 aromatic heterocycles. The number of thiocarbonyl (C=S) groups is 1. The minimum absolute atomic E-state index is 0.235. The van der Waals surface area contributed by atoms with Crippen LogP contribution in [0.4, 0.5) is 0 Å². The van der Waals surface area contributed by atoms with E-state index in [0.29, 0.717) is 33.6 Å². The van der Waals surface area contributed by atoms with Crippen LogP contribution in [-0.2, 0) is 0 Å². The average molecular weight is 550 g/mol. The van der Waals surface area contributed by atoms with Crippen molar-refractivity contribution in [1.82, 2.24) is 16.1 Å². The van der Waals surface area contributed by atoms with Crippen LogP contribution in [0.25, 0.3) is 0 Å². The number of hydrogen-bond donors (Lipinski definition) is 3. The number of halogens is 4. The van der Waals surface area contributed by atoms with E-state index >= 15 is 0 Å². The first-order valence-electron chi connectivity index (χ1n) is 9.29. The van der Waals surface area contributed by atoms with Crippen LogP contribution in [0.1, 0.15) is 15.9 Å². The van der Waals surface area contributed by atoms with Gasteiger partial charge >= 0.3 is 0 Å². The lowest BCUT2D eigenvalue weighted by Crippen LogP contribution is -2.47. The summed E-state index contributed by atoms with van der Waals surface area (Å²) >= 11 is 29.0. The number of rotatable bonds is 9. The number of carbonyl (C=O) groups is 1. The maximum absolute atomic E-state index is 12.6. The van der Waals surface area contributed by atoms with Gasteiger partial charge in [0.15, 0.2) is 16.6 Å². The van der Waals surface area contributed by atoms with Gasteiger partial charge in [-0.15, -0.1) is 6.58 Å². The van der Waals surface area contributed by atoms with E-state index in [1.165, 1.54) is 25.5 Å². The van der Waals surface area contributed by atoms with Crippen molar-refractivity contribution in [3.8, 4) is 11.5 Å². The van der Waals surface area contributed by atoms with Crippen LogP contribution in [-0.4, -0.2) is 40.9 Å². The molecule has 0 fully saturated rings. The quantitative estimate of drug-likeness (QED) is 0.104. The van der Waals surface area contributed by atoms with Gasteiger partial charge in [-0.3, -0.25) is 10.2 Å². The van der Waals surface area contributed by atoms with Gasteiger partial charge in [0.1, 0.15) is 0 Å². The highest BCUT2D eigenvalue weighted by Crippen LogP contribution is 2.35. The molecule has 2 aromatic rings. The molecule has 0 unspecified atom stereocenters. The molecule has 2 rings (SSSR count). The molecular formula is C21H20Cl4N4O3S. The molecule has 0 saturated carbocycles. The van der Waals surface area contributed by atoms with Crippen molar-refractivity contribution in [3.05, 3.63) is 71.3 Å². The molecule has 0 aliphatic carbocycles. The highest BCUT2D eigenvalue weighted by atomic mass is 35.6. The molecule has 0 aliphatic heterocycles. The third-order valence-electron chi connectivity index (χ3n) is 3.89. The minimum Gasteiger partial charge on any atom is -0.493 e. The van der Waals surface area contributed by atoms with E-state index in [2.05, 4.69) is 27.7 Å². The number of benzene rings is 2. The summed E-state index contributed by atoms with van der Waals surface area (Å²) in [4.78, 5) is 12.6. The van der Waals surface area contributed by atoms with Gasteiger partial charge in [-0.05, 0) is 60.2 Å². The van der Waals surface area contributed by atoms with Crippen LogP contribution < -0.4 is 25.5 Å². The molecule has 1 atom stereocenters. The monoisotopic (exact) mass is 548 g/mol. The van der Waals surface area contributed by atoms with Gasteiger partial charge < -0.3 is 20.1 Å². The van der Waals surface area contributed by atoms with Gasteiger partial charge in [-0.25, -0.2) is 0 Å². The first-order valence-corrected chi connectivity index (χ1v) is 11.2. The van der Waals surface area contributed by atoms with Crippen LogP contribution in [0.15, 0.2) is 60.2 Å². The summed E-state index contributed by atoms with van der Waals surface area (Å²) in [7, 11) is 1.45. The molecule has 33 heavy (non-hydrogen) atoms. The maximum atomic E-state index is 12.6. The second-order valence-corrected chi connectivity index (χ2v) is 9.51. The van der Waals surface area contributed by atoms with Gasteiger partial charge in [0, 0.05) is 17.1 Å². The Bertz CT molecular complexity index is 1010. The molecule has 0 radical (unpaired) electrons. The number of amides is 1. The van der Waals surface area contributed by atoms with Crippen molar-refractivity contribution < 1.29 is 14.3 Å². The molecule has 176 valence electrons. The first kappa shape index (κ1) is 27.0. The SMILES string of the molecule is C=CCNC(=S)N/N=C\c1ccc(O[C@H](NC(=O)c2ccc(Cl)cc2)C(Cl)(Cl)Cl)c(OC)c1. The van der Waals surface area contributed by atoms with Crippen LogP contribution in [0, 0.1) is 0 Å². The zero-order valence-corrected chi connectivity index (χ0v) is 21.1. The van der Waals surface area contributed by atoms with E-state index in [9.17, 15) is 4.79 Å². The maximum Gasteiger partial charge on any atom is 0.254 e. The Hall–Kier alpha value is -2.23. The zero-order chi connectivity index (χ0) is 24.4. The lowest BCUT2D eigenvalue weighted by Gasteiger charge is -2.27. The minimum atomic E-state index is -1.98. The Labute approximate surface area is 217 Å². The second-order valence-electron chi connectivity index (χ2n) is 6.30. The molecule has 2 aromatic carbocycles. The number of methoxy groups -OCH3 is 1. The van der Waals surface area contributed by atoms with Gasteiger partial charge in [0.25, 0.3) is 5.91 Å². The predicted molar refractivity (Wildman–Crippen MR) is 138 cm³/mol. The van der Waals surface area contributed by atoms with Crippen molar-refractivity contribution in [2.24, 2.45) is 5.10 Å². The summed E-state index contributed by atoms with van der Waals surface area (Å²) in [5.74, 6) is 0.0441. The predicted octanol–water partition coefficient (Wildman–Crippen LogP) is 4.84. The van der Waals surface area contributed by atoms with Gasteiger partial charge in [0.2, 0.25) is 10.0 Å². The third-order valence-corrected chi connectivity index (χ3v) is 4.97. The van der Waals surface area contributed by atoms with E-state index in [1.807, 2.05) is 0 Å². The smallest absolute Gasteiger partial charge is 0.254 e. The fraction of sp³-hybridized carbons (Fsp3) is 0.190. The molecule has 7 nitrogen and oxygen atoms in total. The summed E-state index contributed by atoms with van der Waals surface area (Å²) in [5.41, 5.74) is 3.66. The highest BCUT2D eigenvalue weighted by molar-refractivity contribution is 7.80. The lowest BCUT2D eigenvalue weighted by atomic mass is 10.2. The molecule has 3 N–H and O–H groups in total. The number of hydrazone groups is 1. The fourth-order valence-corrected chi connectivity index (χ4v) is 2.90. The van der Waals surface area contributed by atoms with Crippen molar-refractivity contribution in [2.45, 2.75) is 10.0 Å². The average Bonchev–Trinajstić information content (AvgIpc) is 2.77. The second kappa shape index (κ2) is 12.9. The number of carbonyl (C=O) groups excluding carboxylic acids is 1. The van der Waals surface area contributed by atoms with E-state index in [-0.39, 0.29) is 5.75 Å². The summed E-state index contributed by atoms with van der Waals surface area (Å²) in [5, 5.41) is 10.3. The Balaban J connectivity index is 2.14. The molecule has 0 heterocycles. The summed E-state index contributed by atoms with van der Waals surface area (Å²) in [6.07, 6.45) is 1.88. The Kier molecular flexibility index (Phi) is 10.5. The number of ether oxygens (including phenoxy) is 2. The van der Waals surface area contributed by atoms with Gasteiger partial charge in [0.05, 0.1) is 13.3 Å². The molecule has 0 bridgehead atoms. The largest absolute Gasteiger partial charge is 0.493 e. The third kappa shape index (κ3) is 8.91. The highest BCUT2D eigenvalue weighted by Gasteiger charge is 2.37. The van der Waals surface area contributed by atoms with Crippen molar-refractivity contribution in [1.29, 1.82) is 0 Å². The number of alkyl halides is 3. The topological polar surface area (TPSA) is 84.0 Å². The van der Waals surface area contributed by atoms with Crippen molar-refractivity contribution in [2.75, 3.05) is 13.7 Å². The summed E-state index contributed by atoms with van der Waals surface area (Å²) in [6.45, 7) is 4.10. The Morgan fingerprint density at radius 2 is 1.91 bits per heavy atom. The molecule has 12 heteroatoms. The molecule has 0 saturated heterocycles. The van der Waals surface area contributed by atoms with Crippen LogP contribution in [0.3, 0.4) is 0 Å². The number of nitrogens with zero attached hydrogens (tertiary/aromatic N) is 1. The molecule has 0 aliphatic rings.